The molecular weight excluding hydrogens is 447 g/mol. The van der Waals surface area contributed by atoms with Crippen LogP contribution in [0.1, 0.15) is 16.8 Å². The fraction of sp³-hybridized carbons (Fsp3) is 0.348. The highest BCUT2D eigenvalue weighted by atomic mass is 32.2. The molecule has 0 atom stereocenters. The van der Waals surface area contributed by atoms with Gasteiger partial charge in [-0.25, -0.2) is 4.39 Å². The van der Waals surface area contributed by atoms with Gasteiger partial charge in [-0.15, -0.1) is 10.2 Å². The number of aromatic nitrogens is 3. The largest absolute Gasteiger partial charge is 0.490 e. The Labute approximate surface area is 194 Å². The molecule has 0 amide bonds. The zero-order valence-electron chi connectivity index (χ0n) is 17.9. The lowest BCUT2D eigenvalue weighted by Gasteiger charge is -2.27. The number of Topliss-reactive ketones (excluding diaryl/α,β-unsaturated/α-hetero) is 1. The van der Waals surface area contributed by atoms with E-state index in [0.717, 1.165) is 6.42 Å². The maximum absolute atomic E-state index is 14.0. The summed E-state index contributed by atoms with van der Waals surface area (Å²) in [7, 11) is 0. The number of morpholine rings is 1. The minimum Gasteiger partial charge on any atom is -0.490 e. The predicted molar refractivity (Wildman–Crippen MR) is 121 cm³/mol. The van der Waals surface area contributed by atoms with Gasteiger partial charge < -0.3 is 19.1 Å². The quantitative estimate of drug-likeness (QED) is 0.401. The van der Waals surface area contributed by atoms with Crippen molar-refractivity contribution in [3.05, 3.63) is 53.8 Å². The van der Waals surface area contributed by atoms with E-state index in [1.54, 1.807) is 34.9 Å². The van der Waals surface area contributed by atoms with E-state index in [-0.39, 0.29) is 17.4 Å². The highest BCUT2D eigenvalue weighted by molar-refractivity contribution is 7.99. The molecule has 0 radical (unpaired) electrons. The van der Waals surface area contributed by atoms with Crippen LogP contribution in [0.2, 0.25) is 0 Å². The second-order valence-electron chi connectivity index (χ2n) is 7.62. The Morgan fingerprint density at radius 1 is 1.00 bits per heavy atom. The van der Waals surface area contributed by atoms with Crippen molar-refractivity contribution >= 4 is 23.5 Å². The fourth-order valence-electron chi connectivity index (χ4n) is 3.72. The number of fused-ring (bicyclic) bond motifs is 1. The van der Waals surface area contributed by atoms with Crippen molar-refractivity contribution in [2.75, 3.05) is 50.2 Å². The van der Waals surface area contributed by atoms with E-state index < -0.39 is 0 Å². The van der Waals surface area contributed by atoms with Crippen LogP contribution in [-0.2, 0) is 4.74 Å². The molecule has 0 saturated carbocycles. The second kappa shape index (κ2) is 9.80. The normalized spacial score (nSPS) is 15.8. The van der Waals surface area contributed by atoms with Crippen LogP contribution in [0.4, 0.5) is 10.3 Å². The molecule has 0 spiro atoms. The molecule has 2 aromatic carbocycles. The number of carbonyl (C=O) groups is 1. The maximum Gasteiger partial charge on any atom is 0.232 e. The Bertz CT molecular complexity index is 1150. The third-order valence-corrected chi connectivity index (χ3v) is 6.31. The molecule has 2 aliphatic heterocycles. The van der Waals surface area contributed by atoms with Crippen LogP contribution in [0.25, 0.3) is 5.69 Å². The van der Waals surface area contributed by atoms with Crippen molar-refractivity contribution in [1.29, 1.82) is 0 Å². The molecule has 1 fully saturated rings. The van der Waals surface area contributed by atoms with Crippen LogP contribution in [0.3, 0.4) is 0 Å². The number of hydrogen-bond donors (Lipinski definition) is 0. The number of halogens is 1. The first-order valence-electron chi connectivity index (χ1n) is 10.8. The maximum atomic E-state index is 14.0. The van der Waals surface area contributed by atoms with E-state index in [1.807, 2.05) is 0 Å². The predicted octanol–water partition coefficient (Wildman–Crippen LogP) is 3.38. The number of ketones is 1. The van der Waals surface area contributed by atoms with Gasteiger partial charge in [0.05, 0.1) is 37.9 Å². The zero-order valence-corrected chi connectivity index (χ0v) is 18.7. The average Bonchev–Trinajstić information content (AvgIpc) is 3.13. The molecule has 10 heteroatoms. The van der Waals surface area contributed by atoms with Gasteiger partial charge in [-0.1, -0.05) is 17.8 Å². The summed E-state index contributed by atoms with van der Waals surface area (Å²) in [6.45, 7) is 3.64. The zero-order chi connectivity index (χ0) is 22.6. The monoisotopic (exact) mass is 470 g/mol. The number of nitrogens with zero attached hydrogens (tertiary/aromatic N) is 4. The molecule has 0 unspecified atom stereocenters. The van der Waals surface area contributed by atoms with Crippen LogP contribution >= 0.6 is 11.8 Å². The van der Waals surface area contributed by atoms with Crippen molar-refractivity contribution in [2.24, 2.45) is 0 Å². The van der Waals surface area contributed by atoms with Crippen LogP contribution in [0, 0.1) is 5.82 Å². The Morgan fingerprint density at radius 3 is 2.64 bits per heavy atom. The van der Waals surface area contributed by atoms with Crippen molar-refractivity contribution in [3.8, 4) is 17.2 Å². The molecule has 1 aromatic heterocycles. The van der Waals surface area contributed by atoms with Gasteiger partial charge in [0.1, 0.15) is 5.82 Å². The Kier molecular flexibility index (Phi) is 6.45. The molecule has 33 heavy (non-hydrogen) atoms. The number of rotatable bonds is 6. The number of carbonyl (C=O) groups excluding carboxylic acids is 1. The fourth-order valence-corrected chi connectivity index (χ4v) is 4.56. The van der Waals surface area contributed by atoms with Crippen molar-refractivity contribution in [1.82, 2.24) is 14.8 Å². The number of benzene rings is 2. The highest BCUT2D eigenvalue weighted by Gasteiger charge is 2.23. The van der Waals surface area contributed by atoms with E-state index in [4.69, 9.17) is 14.2 Å². The molecule has 5 rings (SSSR count). The summed E-state index contributed by atoms with van der Waals surface area (Å²) in [5.41, 5.74) is 1.14. The molecule has 0 bridgehead atoms. The Morgan fingerprint density at radius 2 is 1.82 bits per heavy atom. The van der Waals surface area contributed by atoms with Crippen molar-refractivity contribution < 1.29 is 23.4 Å². The molecule has 0 aliphatic carbocycles. The summed E-state index contributed by atoms with van der Waals surface area (Å²) in [6, 6.07) is 11.5. The van der Waals surface area contributed by atoms with Crippen LogP contribution in [-0.4, -0.2) is 65.8 Å². The highest BCUT2D eigenvalue weighted by Crippen LogP contribution is 2.32. The lowest BCUT2D eigenvalue weighted by Crippen LogP contribution is -2.37. The summed E-state index contributed by atoms with van der Waals surface area (Å²) in [6.07, 6.45) is 0.801. The summed E-state index contributed by atoms with van der Waals surface area (Å²) in [5.74, 6) is 1.56. The van der Waals surface area contributed by atoms with E-state index in [1.165, 1.54) is 23.9 Å². The van der Waals surface area contributed by atoms with Gasteiger partial charge in [0, 0.05) is 25.1 Å². The molecule has 1 saturated heterocycles. The molecule has 3 aromatic rings. The molecule has 0 N–H and O–H groups in total. The van der Waals surface area contributed by atoms with Crippen molar-refractivity contribution in [2.45, 2.75) is 11.6 Å². The summed E-state index contributed by atoms with van der Waals surface area (Å²) in [4.78, 5) is 15.0. The number of thioether (sulfide) groups is 1. The van der Waals surface area contributed by atoms with Gasteiger partial charge in [-0.05, 0) is 36.4 Å². The van der Waals surface area contributed by atoms with Crippen LogP contribution in [0.15, 0.2) is 47.6 Å². The number of anilines is 1. The van der Waals surface area contributed by atoms with Crippen LogP contribution in [0.5, 0.6) is 11.5 Å². The van der Waals surface area contributed by atoms with Crippen LogP contribution < -0.4 is 14.4 Å². The molecular formula is C23H23FN4O4S. The van der Waals surface area contributed by atoms with E-state index in [0.29, 0.717) is 73.4 Å². The SMILES string of the molecule is O=C(CSc1nnc(N2CCOCC2)n1-c1cccc(F)c1)c1ccc2c(c1)OCCCO2. The van der Waals surface area contributed by atoms with Gasteiger partial charge in [-0.2, -0.15) is 0 Å². The minimum atomic E-state index is -0.353. The molecule has 2 aliphatic rings. The molecule has 3 heterocycles. The summed E-state index contributed by atoms with van der Waals surface area (Å²) < 4.78 is 32.6. The Balaban J connectivity index is 1.38. The van der Waals surface area contributed by atoms with Gasteiger partial charge in [0.15, 0.2) is 22.4 Å². The third-order valence-electron chi connectivity index (χ3n) is 5.38. The summed E-state index contributed by atoms with van der Waals surface area (Å²) in [5, 5.41) is 9.19. The lowest BCUT2D eigenvalue weighted by molar-refractivity contribution is 0.102. The Hall–Kier alpha value is -3.11. The molecule has 8 nitrogen and oxygen atoms in total. The topological polar surface area (TPSA) is 78.7 Å². The number of hydrogen-bond acceptors (Lipinski definition) is 8. The first-order chi connectivity index (χ1) is 16.2. The van der Waals surface area contributed by atoms with Gasteiger partial charge >= 0.3 is 0 Å². The first kappa shape index (κ1) is 21.7. The second-order valence-corrected chi connectivity index (χ2v) is 8.56. The standard InChI is InChI=1S/C23H23FN4O4S/c24-17-3-1-4-18(14-17)28-22(27-7-11-30-12-8-27)25-26-23(28)33-15-19(29)16-5-6-20-21(13-16)32-10-2-9-31-20/h1,3-6,13-14H,2,7-12,15H2. The minimum absolute atomic E-state index is 0.0719. The van der Waals surface area contributed by atoms with E-state index in [2.05, 4.69) is 15.1 Å². The van der Waals surface area contributed by atoms with Gasteiger partial charge in [0.25, 0.3) is 0 Å². The van der Waals surface area contributed by atoms with Gasteiger partial charge in [0.2, 0.25) is 5.95 Å². The first-order valence-corrected chi connectivity index (χ1v) is 11.8. The lowest BCUT2D eigenvalue weighted by atomic mass is 10.1. The van der Waals surface area contributed by atoms with E-state index in [9.17, 15) is 9.18 Å². The molecule has 172 valence electrons. The average molecular weight is 471 g/mol. The number of ether oxygens (including phenoxy) is 3. The smallest absolute Gasteiger partial charge is 0.232 e. The van der Waals surface area contributed by atoms with E-state index >= 15 is 0 Å². The third kappa shape index (κ3) is 4.81. The van der Waals surface area contributed by atoms with Gasteiger partial charge in [-0.3, -0.25) is 9.36 Å². The summed E-state index contributed by atoms with van der Waals surface area (Å²) >= 11 is 1.26. The van der Waals surface area contributed by atoms with Crippen molar-refractivity contribution in [3.63, 3.8) is 0 Å².